The Morgan fingerprint density at radius 2 is 1.71 bits per heavy atom. The summed E-state index contributed by atoms with van der Waals surface area (Å²) >= 11 is 0. The van der Waals surface area contributed by atoms with Crippen LogP contribution in [-0.2, 0) is 6.42 Å². The normalized spacial score (nSPS) is 18.6. The molecule has 0 radical (unpaired) electrons. The molecule has 0 amide bonds. The fraction of sp³-hybridized carbons (Fsp3) is 0.409. The number of carbonyl (C=O) groups is 1. The van der Waals surface area contributed by atoms with E-state index in [1.165, 1.54) is 12.1 Å². The summed E-state index contributed by atoms with van der Waals surface area (Å²) in [5.41, 5.74) is 2.75. The molecule has 6 heteroatoms. The maximum absolute atomic E-state index is 13.2. The number of nitrogens with zero attached hydrogens (tertiary/aromatic N) is 4. The molecule has 1 aromatic carbocycles. The lowest BCUT2D eigenvalue weighted by atomic mass is 9.75. The van der Waals surface area contributed by atoms with Crippen molar-refractivity contribution in [2.45, 2.75) is 26.7 Å². The van der Waals surface area contributed by atoms with Crippen molar-refractivity contribution in [3.63, 3.8) is 0 Å². The summed E-state index contributed by atoms with van der Waals surface area (Å²) in [4.78, 5) is 21.6. The third-order valence-electron chi connectivity index (χ3n) is 5.56. The van der Waals surface area contributed by atoms with E-state index in [0.717, 1.165) is 44.0 Å². The highest BCUT2D eigenvalue weighted by molar-refractivity contribution is 5.99. The van der Waals surface area contributed by atoms with E-state index in [-0.39, 0.29) is 17.0 Å². The number of nitriles is 1. The van der Waals surface area contributed by atoms with Gasteiger partial charge in [-0.2, -0.15) is 5.26 Å². The smallest absolute Gasteiger partial charge is 0.165 e. The molecule has 1 aliphatic carbocycles. The Bertz CT molecular complexity index is 954. The second kappa shape index (κ2) is 6.90. The van der Waals surface area contributed by atoms with Crippen LogP contribution in [0.5, 0.6) is 0 Å². The molecule has 5 nitrogen and oxygen atoms in total. The van der Waals surface area contributed by atoms with Gasteiger partial charge in [-0.1, -0.05) is 13.8 Å². The van der Waals surface area contributed by atoms with Gasteiger partial charge in [0.2, 0.25) is 0 Å². The van der Waals surface area contributed by atoms with Crippen LogP contribution in [-0.4, -0.2) is 36.9 Å². The van der Waals surface area contributed by atoms with E-state index in [2.05, 4.69) is 29.7 Å². The highest BCUT2D eigenvalue weighted by Gasteiger charge is 2.33. The number of piperazine rings is 1. The average molecular weight is 378 g/mol. The minimum atomic E-state index is -0.239. The van der Waals surface area contributed by atoms with Gasteiger partial charge in [0.25, 0.3) is 0 Å². The lowest BCUT2D eigenvalue weighted by Crippen LogP contribution is -2.47. The molecule has 0 N–H and O–H groups in total. The minimum absolute atomic E-state index is 0.0722. The molecule has 0 bridgehead atoms. The predicted octanol–water partition coefficient (Wildman–Crippen LogP) is 3.57. The predicted molar refractivity (Wildman–Crippen MR) is 106 cm³/mol. The van der Waals surface area contributed by atoms with Crippen LogP contribution < -0.4 is 9.80 Å². The molecule has 2 heterocycles. The largest absolute Gasteiger partial charge is 0.368 e. The number of hydrogen-bond donors (Lipinski definition) is 0. The monoisotopic (exact) mass is 378 g/mol. The van der Waals surface area contributed by atoms with Gasteiger partial charge in [-0.3, -0.25) is 4.79 Å². The molecule has 1 fully saturated rings. The van der Waals surface area contributed by atoms with Gasteiger partial charge in [-0.05, 0) is 42.2 Å². The molecule has 0 atom stereocenters. The molecular formula is C22H23FN4O. The molecule has 2 aromatic rings. The zero-order valence-corrected chi connectivity index (χ0v) is 16.2. The Hall–Kier alpha value is -2.94. The zero-order valence-electron chi connectivity index (χ0n) is 16.2. The number of pyridine rings is 1. The molecule has 4 rings (SSSR count). The van der Waals surface area contributed by atoms with Crippen LogP contribution in [0.1, 0.15) is 41.9 Å². The van der Waals surface area contributed by atoms with E-state index in [1.807, 2.05) is 0 Å². The van der Waals surface area contributed by atoms with Gasteiger partial charge in [0.05, 0.1) is 11.3 Å². The van der Waals surface area contributed by atoms with Crippen molar-refractivity contribution in [1.82, 2.24) is 4.98 Å². The Kier molecular flexibility index (Phi) is 4.54. The Labute approximate surface area is 164 Å². The van der Waals surface area contributed by atoms with Crippen LogP contribution >= 0.6 is 0 Å². The van der Waals surface area contributed by atoms with E-state index in [0.29, 0.717) is 23.4 Å². The SMILES string of the molecule is CC1(C)CC(=O)c2cc(C#N)c(N3CCN(c4ccc(F)cc4)CC3)nc2C1. The highest BCUT2D eigenvalue weighted by atomic mass is 19.1. The lowest BCUT2D eigenvalue weighted by molar-refractivity contribution is 0.0910. The van der Waals surface area contributed by atoms with E-state index in [4.69, 9.17) is 4.98 Å². The van der Waals surface area contributed by atoms with Gasteiger partial charge >= 0.3 is 0 Å². The molecule has 1 saturated heterocycles. The first-order valence-electron chi connectivity index (χ1n) is 9.59. The standard InChI is InChI=1S/C22H23FN4O/c1-22(2)12-19-18(20(28)13-22)11-15(14-24)21(25-19)27-9-7-26(8-10-27)17-5-3-16(23)4-6-17/h3-6,11H,7-10,12-13H2,1-2H3. The Morgan fingerprint density at radius 1 is 1.07 bits per heavy atom. The van der Waals surface area contributed by atoms with Crippen LogP contribution in [0.4, 0.5) is 15.9 Å². The van der Waals surface area contributed by atoms with Crippen molar-refractivity contribution in [2.75, 3.05) is 36.0 Å². The van der Waals surface area contributed by atoms with Gasteiger partial charge in [-0.15, -0.1) is 0 Å². The molecule has 0 saturated carbocycles. The van der Waals surface area contributed by atoms with Crippen LogP contribution in [0, 0.1) is 22.6 Å². The second-order valence-corrected chi connectivity index (χ2v) is 8.36. The van der Waals surface area contributed by atoms with Crippen molar-refractivity contribution in [3.8, 4) is 6.07 Å². The van der Waals surface area contributed by atoms with Crippen molar-refractivity contribution in [3.05, 3.63) is 53.0 Å². The average Bonchev–Trinajstić information content (AvgIpc) is 2.67. The number of anilines is 2. The minimum Gasteiger partial charge on any atom is -0.368 e. The molecule has 0 unspecified atom stereocenters. The number of aromatic nitrogens is 1. The van der Waals surface area contributed by atoms with Gasteiger partial charge in [0, 0.05) is 43.9 Å². The van der Waals surface area contributed by atoms with Crippen LogP contribution in [0.25, 0.3) is 0 Å². The molecule has 144 valence electrons. The fourth-order valence-corrected chi connectivity index (χ4v) is 4.11. The first kappa shape index (κ1) is 18.4. The number of hydrogen-bond acceptors (Lipinski definition) is 5. The molecule has 1 aliphatic heterocycles. The topological polar surface area (TPSA) is 60.2 Å². The molecular weight excluding hydrogens is 355 g/mol. The number of fused-ring (bicyclic) bond motifs is 1. The summed E-state index contributed by atoms with van der Waals surface area (Å²) < 4.78 is 13.2. The van der Waals surface area contributed by atoms with Gasteiger partial charge in [0.15, 0.2) is 5.78 Å². The summed E-state index contributed by atoms with van der Waals surface area (Å²) in [6.45, 7) is 7.12. The zero-order chi connectivity index (χ0) is 19.9. The second-order valence-electron chi connectivity index (χ2n) is 8.36. The third kappa shape index (κ3) is 3.45. The van der Waals surface area contributed by atoms with Crippen molar-refractivity contribution in [1.29, 1.82) is 5.26 Å². The molecule has 0 spiro atoms. The van der Waals surface area contributed by atoms with Crippen LogP contribution in [0.2, 0.25) is 0 Å². The van der Waals surface area contributed by atoms with E-state index in [1.54, 1.807) is 18.2 Å². The van der Waals surface area contributed by atoms with Gasteiger partial charge in [-0.25, -0.2) is 9.37 Å². The first-order chi connectivity index (χ1) is 13.4. The summed E-state index contributed by atoms with van der Waals surface area (Å²) in [6.07, 6.45) is 1.23. The summed E-state index contributed by atoms with van der Waals surface area (Å²) in [7, 11) is 0. The number of benzene rings is 1. The number of carbonyl (C=O) groups excluding carboxylic acids is 1. The van der Waals surface area contributed by atoms with E-state index in [9.17, 15) is 14.4 Å². The molecule has 1 aromatic heterocycles. The van der Waals surface area contributed by atoms with Gasteiger partial charge < -0.3 is 9.80 Å². The number of Topliss-reactive ketones (excluding diaryl/α,β-unsaturated/α-hetero) is 1. The van der Waals surface area contributed by atoms with Crippen molar-refractivity contribution in [2.24, 2.45) is 5.41 Å². The van der Waals surface area contributed by atoms with E-state index >= 15 is 0 Å². The number of rotatable bonds is 2. The van der Waals surface area contributed by atoms with Crippen LogP contribution in [0.15, 0.2) is 30.3 Å². The van der Waals surface area contributed by atoms with Crippen molar-refractivity contribution < 1.29 is 9.18 Å². The third-order valence-corrected chi connectivity index (χ3v) is 5.56. The quantitative estimate of drug-likeness (QED) is 0.799. The van der Waals surface area contributed by atoms with Crippen molar-refractivity contribution >= 4 is 17.3 Å². The lowest BCUT2D eigenvalue weighted by Gasteiger charge is -2.38. The summed E-state index contributed by atoms with van der Waals surface area (Å²) in [6, 6.07) is 10.5. The maximum atomic E-state index is 13.2. The fourth-order valence-electron chi connectivity index (χ4n) is 4.11. The highest BCUT2D eigenvalue weighted by Crippen LogP contribution is 2.36. The Morgan fingerprint density at radius 3 is 2.36 bits per heavy atom. The Balaban J connectivity index is 1.57. The number of halogens is 1. The maximum Gasteiger partial charge on any atom is 0.165 e. The van der Waals surface area contributed by atoms with Gasteiger partial charge in [0.1, 0.15) is 17.7 Å². The summed E-state index contributed by atoms with van der Waals surface area (Å²) in [5.74, 6) is 0.505. The van der Waals surface area contributed by atoms with Crippen LogP contribution in [0.3, 0.4) is 0 Å². The summed E-state index contributed by atoms with van der Waals surface area (Å²) in [5, 5.41) is 9.62. The first-order valence-corrected chi connectivity index (χ1v) is 9.59. The molecule has 2 aliphatic rings. The molecule has 28 heavy (non-hydrogen) atoms. The number of ketones is 1. The van der Waals surface area contributed by atoms with E-state index < -0.39 is 0 Å².